The molecule has 2 N–H and O–H groups in total. The molecule has 0 unspecified atom stereocenters. The fourth-order valence-corrected chi connectivity index (χ4v) is 5.18. The molecule has 1 heterocycles. The molecule has 7 heteroatoms. The molecule has 0 aliphatic rings. The van der Waals surface area contributed by atoms with Crippen LogP contribution >= 0.6 is 0 Å². The van der Waals surface area contributed by atoms with Crippen LogP contribution in [-0.2, 0) is 28.9 Å². The maximum Gasteiger partial charge on any atom is 2.00 e. The van der Waals surface area contributed by atoms with Gasteiger partial charge in [0.05, 0.1) is 5.69 Å². The summed E-state index contributed by atoms with van der Waals surface area (Å²) in [6, 6.07) is 19.7. The molecular formula is C34H50AgCl2N4. The van der Waals surface area contributed by atoms with Crippen LogP contribution in [0.5, 0.6) is 0 Å². The topological polar surface area (TPSA) is 40.2 Å². The minimum atomic E-state index is 0. The van der Waals surface area contributed by atoms with Gasteiger partial charge < -0.3 is 35.4 Å². The third-order valence-corrected chi connectivity index (χ3v) is 7.32. The Morgan fingerprint density at radius 2 is 0.976 bits per heavy atom. The van der Waals surface area contributed by atoms with E-state index in [1.54, 1.807) is 0 Å². The summed E-state index contributed by atoms with van der Waals surface area (Å²) in [6.45, 7) is 22.8. The molecule has 0 fully saturated rings. The second kappa shape index (κ2) is 19.6. The number of halogens is 2. The number of benzene rings is 2. The Labute approximate surface area is 278 Å². The predicted molar refractivity (Wildman–Crippen MR) is 166 cm³/mol. The van der Waals surface area contributed by atoms with Crippen molar-refractivity contribution in [3.63, 3.8) is 0 Å². The zero-order chi connectivity index (χ0) is 27.7. The molecule has 0 aliphatic heterocycles. The standard InChI is InChI=1S/C34H50N4.Ag.2ClH/c1-24(2)29-14-11-15-30(25(3)4)33(29)36-19-21-38(23-28-13-9-10-18-35-28)22-20-37-34-31(26(5)6)16-12-17-32(34)27(7)8;;;/h9-18,24-27,36-37H,19-23H2,1-8H3;;2*1H/q;+2;;/p-2. The molecule has 3 aromatic rings. The van der Waals surface area contributed by atoms with Gasteiger partial charge in [0.25, 0.3) is 0 Å². The number of pyridine rings is 1. The number of para-hydroxylation sites is 2. The number of rotatable bonds is 14. The van der Waals surface area contributed by atoms with E-state index in [1.165, 1.54) is 33.6 Å². The molecule has 41 heavy (non-hydrogen) atoms. The van der Waals surface area contributed by atoms with Gasteiger partial charge in [-0.05, 0) is 58.1 Å². The zero-order valence-electron chi connectivity index (χ0n) is 26.1. The van der Waals surface area contributed by atoms with E-state index < -0.39 is 0 Å². The van der Waals surface area contributed by atoms with Crippen LogP contribution in [-0.4, -0.2) is 36.1 Å². The first-order valence-corrected chi connectivity index (χ1v) is 14.5. The number of hydrogen-bond acceptors (Lipinski definition) is 4. The maximum atomic E-state index is 4.62. The third-order valence-electron chi connectivity index (χ3n) is 7.32. The van der Waals surface area contributed by atoms with Crippen molar-refractivity contribution >= 4 is 11.4 Å². The molecule has 0 aliphatic carbocycles. The molecule has 2 aromatic carbocycles. The van der Waals surface area contributed by atoms with Gasteiger partial charge in [0.2, 0.25) is 0 Å². The van der Waals surface area contributed by atoms with Crippen molar-refractivity contribution in [1.29, 1.82) is 0 Å². The summed E-state index contributed by atoms with van der Waals surface area (Å²) in [5, 5.41) is 7.67. The second-order valence-electron chi connectivity index (χ2n) is 11.7. The van der Waals surface area contributed by atoms with Gasteiger partial charge in [-0.1, -0.05) is 97.9 Å². The van der Waals surface area contributed by atoms with E-state index in [1.807, 2.05) is 12.3 Å². The number of anilines is 2. The van der Waals surface area contributed by atoms with Crippen LogP contribution in [0.3, 0.4) is 0 Å². The average molecular weight is 694 g/mol. The van der Waals surface area contributed by atoms with Crippen LogP contribution in [0, 0.1) is 0 Å². The Balaban J connectivity index is 0.00000533. The van der Waals surface area contributed by atoms with E-state index >= 15 is 0 Å². The van der Waals surface area contributed by atoms with E-state index in [0.717, 1.165) is 38.4 Å². The summed E-state index contributed by atoms with van der Waals surface area (Å²) >= 11 is 0. The molecule has 4 nitrogen and oxygen atoms in total. The van der Waals surface area contributed by atoms with Crippen molar-refractivity contribution in [2.24, 2.45) is 0 Å². The number of aromatic nitrogens is 1. The summed E-state index contributed by atoms with van der Waals surface area (Å²) in [7, 11) is 0. The van der Waals surface area contributed by atoms with Gasteiger partial charge in [0, 0.05) is 50.3 Å². The molecule has 0 atom stereocenters. The van der Waals surface area contributed by atoms with Gasteiger partial charge in [0.15, 0.2) is 0 Å². The smallest absolute Gasteiger partial charge is 1.00 e. The largest absolute Gasteiger partial charge is 2.00 e. The number of nitrogens with one attached hydrogen (secondary N) is 2. The molecule has 1 radical (unpaired) electrons. The molecule has 1 aromatic heterocycles. The van der Waals surface area contributed by atoms with Gasteiger partial charge in [-0.25, -0.2) is 0 Å². The third kappa shape index (κ3) is 11.6. The van der Waals surface area contributed by atoms with E-state index in [2.05, 4.69) is 124 Å². The van der Waals surface area contributed by atoms with Gasteiger partial charge in [0.1, 0.15) is 0 Å². The minimum absolute atomic E-state index is 0. The Morgan fingerprint density at radius 1 is 0.585 bits per heavy atom. The number of hydrogen-bond donors (Lipinski definition) is 2. The minimum Gasteiger partial charge on any atom is -1.00 e. The molecule has 0 amide bonds. The molecular weight excluding hydrogens is 643 g/mol. The van der Waals surface area contributed by atoms with Crippen molar-refractivity contribution < 1.29 is 47.2 Å². The first-order valence-electron chi connectivity index (χ1n) is 14.5. The molecule has 0 saturated carbocycles. The predicted octanol–water partition coefficient (Wildman–Crippen LogP) is 2.61. The van der Waals surface area contributed by atoms with Crippen molar-refractivity contribution in [1.82, 2.24) is 9.88 Å². The van der Waals surface area contributed by atoms with E-state index in [0.29, 0.717) is 23.7 Å². The van der Waals surface area contributed by atoms with Crippen LogP contribution in [0.25, 0.3) is 0 Å². The van der Waals surface area contributed by atoms with Crippen molar-refractivity contribution in [2.45, 2.75) is 85.6 Å². The van der Waals surface area contributed by atoms with Gasteiger partial charge in [-0.3, -0.25) is 9.88 Å². The van der Waals surface area contributed by atoms with E-state index in [-0.39, 0.29) is 47.2 Å². The van der Waals surface area contributed by atoms with Gasteiger partial charge >= 0.3 is 22.4 Å². The van der Waals surface area contributed by atoms with Crippen LogP contribution in [0.1, 0.15) is 107 Å². The van der Waals surface area contributed by atoms with Gasteiger partial charge in [-0.15, -0.1) is 0 Å². The van der Waals surface area contributed by atoms with Crippen LogP contribution in [0.2, 0.25) is 0 Å². The normalized spacial score (nSPS) is 11.0. The van der Waals surface area contributed by atoms with E-state index in [4.69, 9.17) is 0 Å². The summed E-state index contributed by atoms with van der Waals surface area (Å²) in [5.74, 6) is 1.95. The van der Waals surface area contributed by atoms with Crippen molar-refractivity contribution in [2.75, 3.05) is 36.8 Å². The molecule has 231 valence electrons. The Hall–Kier alpha value is -1.53. The first kappa shape index (κ1) is 39.5. The fourth-order valence-electron chi connectivity index (χ4n) is 5.18. The second-order valence-corrected chi connectivity index (χ2v) is 11.7. The molecule has 0 bridgehead atoms. The van der Waals surface area contributed by atoms with Crippen LogP contribution in [0.4, 0.5) is 11.4 Å². The van der Waals surface area contributed by atoms with Crippen molar-refractivity contribution in [3.8, 4) is 0 Å². The summed E-state index contributed by atoms with van der Waals surface area (Å²) in [5.41, 5.74) is 9.37. The first-order chi connectivity index (χ1) is 18.2. The van der Waals surface area contributed by atoms with Gasteiger partial charge in [-0.2, -0.15) is 0 Å². The SMILES string of the molecule is CC(C)c1cccc(C(C)C)c1NCCN(CCNc1c(C(C)C)cccc1C(C)C)Cc1ccccn1.[Ag+2].[Cl-].[Cl-]. The summed E-state index contributed by atoms with van der Waals surface area (Å²) in [6.07, 6.45) is 1.89. The Morgan fingerprint density at radius 3 is 1.29 bits per heavy atom. The fraction of sp³-hybridized carbons (Fsp3) is 0.500. The van der Waals surface area contributed by atoms with E-state index in [9.17, 15) is 0 Å². The quantitative estimate of drug-likeness (QED) is 0.255. The zero-order valence-corrected chi connectivity index (χ0v) is 29.1. The van der Waals surface area contributed by atoms with Crippen molar-refractivity contribution in [3.05, 3.63) is 88.7 Å². The molecule has 0 spiro atoms. The number of nitrogens with zero attached hydrogens (tertiary/aromatic N) is 2. The van der Waals surface area contributed by atoms with Crippen LogP contribution < -0.4 is 35.4 Å². The maximum absolute atomic E-state index is 4.62. The average Bonchev–Trinajstić information content (AvgIpc) is 2.88. The van der Waals surface area contributed by atoms with Crippen LogP contribution in [0.15, 0.2) is 60.8 Å². The Bertz CT molecular complexity index is 1010. The molecule has 3 rings (SSSR count). The summed E-state index contributed by atoms with van der Waals surface area (Å²) < 4.78 is 0. The molecule has 0 saturated heterocycles. The summed E-state index contributed by atoms with van der Waals surface area (Å²) in [4.78, 5) is 7.13. The Kier molecular flexibility index (Phi) is 18.9. The monoisotopic (exact) mass is 691 g/mol.